The summed E-state index contributed by atoms with van der Waals surface area (Å²) >= 11 is 0. The number of aliphatic hydroxyl groups excluding tert-OH is 1. The predicted octanol–water partition coefficient (Wildman–Crippen LogP) is 8.09. The molecule has 0 saturated carbocycles. The smallest absolute Gasteiger partial charge is 0.416 e. The molecule has 1 aliphatic heterocycles. The predicted molar refractivity (Wildman–Crippen MR) is 182 cm³/mol. The molecule has 0 radical (unpaired) electrons. The van der Waals surface area contributed by atoms with Crippen LogP contribution in [0, 0.1) is 5.82 Å². The van der Waals surface area contributed by atoms with E-state index in [4.69, 9.17) is 19.6 Å². The average molecular weight is 683 g/mol. The first-order valence-electron chi connectivity index (χ1n) is 16.1. The van der Waals surface area contributed by atoms with Gasteiger partial charge in [0.05, 0.1) is 12.2 Å². The molecule has 0 fully saturated rings. The lowest BCUT2D eigenvalue weighted by Gasteiger charge is -2.31. The monoisotopic (exact) mass is 682 g/mol. The lowest BCUT2D eigenvalue weighted by atomic mass is 9.81. The standard InChI is InChI=1S/C40H34F4N2O4/c41-34-23-28(22-33(24-34)40(42,43)44)26-45-38(48)39(25-27-8-3-1-4-9-27)36(31-14-12-30(13-15-31)29-10-5-2-6-11-29)50-37(46-39)32-16-18-35(19-17-32)49-21-7-20-47/h1-6,8-19,22-24,36,47H,7,20-21,25-26H2,(H,45,48)/t36-,39-/m1/s1. The summed E-state index contributed by atoms with van der Waals surface area (Å²) < 4.78 is 66.9. The number of ether oxygens (including phenoxy) is 2. The molecule has 1 heterocycles. The molecule has 1 amide bonds. The summed E-state index contributed by atoms with van der Waals surface area (Å²) in [4.78, 5) is 19.5. The van der Waals surface area contributed by atoms with Crippen molar-refractivity contribution in [1.29, 1.82) is 0 Å². The number of hydrogen-bond acceptors (Lipinski definition) is 5. The molecule has 0 aliphatic carbocycles. The highest BCUT2D eigenvalue weighted by molar-refractivity contribution is 6.01. The molecule has 6 nitrogen and oxygen atoms in total. The first kappa shape index (κ1) is 34.4. The molecular weight excluding hydrogens is 648 g/mol. The van der Waals surface area contributed by atoms with Crippen LogP contribution in [0.4, 0.5) is 17.6 Å². The Labute approximate surface area is 287 Å². The van der Waals surface area contributed by atoms with Gasteiger partial charge in [0.2, 0.25) is 5.90 Å². The highest BCUT2D eigenvalue weighted by atomic mass is 19.4. The number of nitrogens with one attached hydrogen (secondary N) is 1. The molecule has 0 bridgehead atoms. The SMILES string of the molecule is O=C(NCc1cc(F)cc(C(F)(F)F)c1)[C@]1(Cc2ccccc2)N=C(c2ccc(OCCCO)cc2)O[C@@H]1c1ccc(-c2ccccc2)cc1. The van der Waals surface area contributed by atoms with Gasteiger partial charge in [0.15, 0.2) is 11.6 Å². The maximum Gasteiger partial charge on any atom is 0.416 e. The van der Waals surface area contributed by atoms with Crippen LogP contribution in [0.25, 0.3) is 11.1 Å². The van der Waals surface area contributed by atoms with Crippen LogP contribution < -0.4 is 10.1 Å². The van der Waals surface area contributed by atoms with Gasteiger partial charge in [-0.05, 0) is 70.3 Å². The molecule has 10 heteroatoms. The van der Waals surface area contributed by atoms with E-state index in [1.54, 1.807) is 24.3 Å². The van der Waals surface area contributed by atoms with Crippen molar-refractivity contribution in [3.63, 3.8) is 0 Å². The van der Waals surface area contributed by atoms with E-state index in [-0.39, 0.29) is 31.0 Å². The average Bonchev–Trinajstić information content (AvgIpc) is 3.51. The fourth-order valence-corrected chi connectivity index (χ4v) is 5.92. The minimum absolute atomic E-state index is 0.00467. The Balaban J connectivity index is 1.40. The van der Waals surface area contributed by atoms with E-state index in [2.05, 4.69) is 5.32 Å². The summed E-state index contributed by atoms with van der Waals surface area (Å²) in [6, 6.07) is 35.8. The van der Waals surface area contributed by atoms with Gasteiger partial charge in [-0.2, -0.15) is 13.2 Å². The molecule has 0 spiro atoms. The van der Waals surface area contributed by atoms with Crippen molar-refractivity contribution in [2.75, 3.05) is 13.2 Å². The van der Waals surface area contributed by atoms with E-state index in [0.29, 0.717) is 36.0 Å². The number of rotatable bonds is 12. The van der Waals surface area contributed by atoms with E-state index < -0.39 is 35.1 Å². The number of carbonyl (C=O) groups excluding carboxylic acids is 1. The first-order valence-corrected chi connectivity index (χ1v) is 16.1. The molecule has 2 atom stereocenters. The van der Waals surface area contributed by atoms with Crippen molar-refractivity contribution in [2.45, 2.75) is 37.2 Å². The molecule has 50 heavy (non-hydrogen) atoms. The second-order valence-corrected chi connectivity index (χ2v) is 12.0. The van der Waals surface area contributed by atoms with E-state index in [1.807, 2.05) is 84.9 Å². The largest absolute Gasteiger partial charge is 0.494 e. The topological polar surface area (TPSA) is 80.2 Å². The van der Waals surface area contributed by atoms with E-state index >= 15 is 0 Å². The third-order valence-electron chi connectivity index (χ3n) is 8.40. The second-order valence-electron chi connectivity index (χ2n) is 12.0. The Morgan fingerprint density at radius 2 is 1.46 bits per heavy atom. The number of alkyl halides is 3. The second kappa shape index (κ2) is 15.0. The van der Waals surface area contributed by atoms with Gasteiger partial charge in [-0.3, -0.25) is 4.79 Å². The zero-order chi connectivity index (χ0) is 35.1. The molecular formula is C40H34F4N2O4. The van der Waals surface area contributed by atoms with Crippen LogP contribution in [-0.4, -0.2) is 35.7 Å². The molecule has 0 saturated heterocycles. The molecule has 6 rings (SSSR count). The third kappa shape index (κ3) is 7.87. The van der Waals surface area contributed by atoms with Crippen LogP contribution in [0.2, 0.25) is 0 Å². The number of halogens is 4. The number of aliphatic hydroxyl groups is 1. The maximum atomic E-state index is 14.5. The molecule has 0 aromatic heterocycles. The maximum absolute atomic E-state index is 14.5. The molecule has 2 N–H and O–H groups in total. The normalized spacial score (nSPS) is 17.1. The Hall–Kier alpha value is -5.48. The Morgan fingerprint density at radius 3 is 2.12 bits per heavy atom. The van der Waals surface area contributed by atoms with Crippen molar-refractivity contribution in [2.24, 2.45) is 4.99 Å². The van der Waals surface area contributed by atoms with Crippen molar-refractivity contribution in [3.8, 4) is 16.9 Å². The minimum atomic E-state index is -4.76. The number of amides is 1. The molecule has 0 unspecified atom stereocenters. The van der Waals surface area contributed by atoms with Crippen molar-refractivity contribution < 1.29 is 36.9 Å². The summed E-state index contributed by atoms with van der Waals surface area (Å²) in [7, 11) is 0. The van der Waals surface area contributed by atoms with Crippen molar-refractivity contribution in [1.82, 2.24) is 5.32 Å². The third-order valence-corrected chi connectivity index (χ3v) is 8.40. The Bertz CT molecular complexity index is 1930. The number of carbonyl (C=O) groups is 1. The summed E-state index contributed by atoms with van der Waals surface area (Å²) in [6.07, 6.45) is -5.13. The lowest BCUT2D eigenvalue weighted by Crippen LogP contribution is -2.49. The van der Waals surface area contributed by atoms with Gasteiger partial charge in [0, 0.05) is 31.6 Å². The quantitative estimate of drug-likeness (QED) is 0.103. The van der Waals surface area contributed by atoms with Crippen LogP contribution >= 0.6 is 0 Å². The van der Waals surface area contributed by atoms with Crippen LogP contribution in [-0.2, 0) is 28.7 Å². The van der Waals surface area contributed by atoms with Gasteiger partial charge in [0.1, 0.15) is 11.6 Å². The van der Waals surface area contributed by atoms with Crippen LogP contribution in [0.1, 0.15) is 40.3 Å². The van der Waals surface area contributed by atoms with Crippen LogP contribution in [0.5, 0.6) is 5.75 Å². The van der Waals surface area contributed by atoms with Gasteiger partial charge in [0.25, 0.3) is 5.91 Å². The van der Waals surface area contributed by atoms with E-state index in [1.165, 1.54) is 0 Å². The molecule has 1 aliphatic rings. The van der Waals surface area contributed by atoms with Gasteiger partial charge < -0.3 is 19.9 Å². The summed E-state index contributed by atoms with van der Waals surface area (Å²) in [5.74, 6) is -0.890. The molecule has 256 valence electrons. The highest BCUT2D eigenvalue weighted by Gasteiger charge is 2.53. The zero-order valence-corrected chi connectivity index (χ0v) is 26.9. The minimum Gasteiger partial charge on any atom is -0.494 e. The van der Waals surface area contributed by atoms with Gasteiger partial charge >= 0.3 is 6.18 Å². The summed E-state index contributed by atoms with van der Waals surface area (Å²) in [5.41, 5.74) is 1.16. The van der Waals surface area contributed by atoms with E-state index in [9.17, 15) is 22.4 Å². The molecule has 5 aromatic carbocycles. The van der Waals surface area contributed by atoms with Gasteiger partial charge in [-0.15, -0.1) is 0 Å². The van der Waals surface area contributed by atoms with Crippen LogP contribution in [0.15, 0.2) is 132 Å². The number of benzene rings is 5. The number of nitrogens with zero attached hydrogens (tertiary/aromatic N) is 1. The summed E-state index contributed by atoms with van der Waals surface area (Å²) in [5, 5.41) is 11.8. The Morgan fingerprint density at radius 1 is 0.820 bits per heavy atom. The Kier molecular flexibility index (Phi) is 10.3. The van der Waals surface area contributed by atoms with Crippen LogP contribution in [0.3, 0.4) is 0 Å². The summed E-state index contributed by atoms with van der Waals surface area (Å²) in [6.45, 7) is -0.0319. The highest BCUT2D eigenvalue weighted by Crippen LogP contribution is 2.43. The van der Waals surface area contributed by atoms with Crippen molar-refractivity contribution >= 4 is 11.8 Å². The lowest BCUT2D eigenvalue weighted by molar-refractivity contribution is -0.137. The van der Waals surface area contributed by atoms with Gasteiger partial charge in [-0.25, -0.2) is 9.38 Å². The van der Waals surface area contributed by atoms with Crippen molar-refractivity contribution in [3.05, 3.63) is 161 Å². The van der Waals surface area contributed by atoms with Gasteiger partial charge in [-0.1, -0.05) is 84.9 Å². The first-order chi connectivity index (χ1) is 24.1. The number of hydrogen-bond donors (Lipinski definition) is 2. The van der Waals surface area contributed by atoms with E-state index in [0.717, 1.165) is 28.8 Å². The molecule has 5 aromatic rings. The number of aliphatic imine (C=N–C) groups is 1. The zero-order valence-electron chi connectivity index (χ0n) is 26.9. The fraction of sp³-hybridized carbons (Fsp3) is 0.200. The fourth-order valence-electron chi connectivity index (χ4n) is 5.92.